The van der Waals surface area contributed by atoms with Gasteiger partial charge in [-0.05, 0) is 29.8 Å². The zero-order chi connectivity index (χ0) is 16.3. The Balaban J connectivity index is 2.06. The summed E-state index contributed by atoms with van der Waals surface area (Å²) in [4.78, 5) is 0. The molecular weight excluding hydrogens is 322 g/mol. The summed E-state index contributed by atoms with van der Waals surface area (Å²) in [6, 6.07) is 7.31. The second-order valence-electron chi connectivity index (χ2n) is 4.58. The molecule has 0 fully saturated rings. The topological polar surface area (TPSA) is 35.2 Å². The van der Waals surface area contributed by atoms with Gasteiger partial charge in [0.1, 0.15) is 24.2 Å². The van der Waals surface area contributed by atoms with Crippen molar-refractivity contribution >= 4 is 11.6 Å². The van der Waals surface area contributed by atoms with Crippen LogP contribution < -0.4 is 10.5 Å². The van der Waals surface area contributed by atoms with Crippen molar-refractivity contribution in [2.24, 2.45) is 5.73 Å². The van der Waals surface area contributed by atoms with Gasteiger partial charge in [-0.2, -0.15) is 13.2 Å². The molecule has 0 amide bonds. The van der Waals surface area contributed by atoms with E-state index in [1.165, 1.54) is 42.5 Å². The predicted octanol–water partition coefficient (Wildman–Crippen LogP) is 4.62. The SMILES string of the molecule is N[C@H](c1ccc(OCc2c(F)cccc2Cl)cc1)C(F)(F)F. The van der Waals surface area contributed by atoms with E-state index in [0.717, 1.165) is 0 Å². The number of ether oxygens (including phenoxy) is 1. The molecule has 0 aliphatic rings. The molecule has 22 heavy (non-hydrogen) atoms. The molecule has 0 bridgehead atoms. The second-order valence-corrected chi connectivity index (χ2v) is 4.98. The van der Waals surface area contributed by atoms with Crippen molar-refractivity contribution in [3.8, 4) is 5.75 Å². The molecule has 0 heterocycles. The van der Waals surface area contributed by atoms with E-state index in [1.807, 2.05) is 0 Å². The van der Waals surface area contributed by atoms with Gasteiger partial charge in [-0.1, -0.05) is 29.8 Å². The highest BCUT2D eigenvalue weighted by Crippen LogP contribution is 2.31. The number of hydrogen-bond donors (Lipinski definition) is 1. The Bertz CT molecular complexity index is 623. The Morgan fingerprint density at radius 2 is 1.73 bits per heavy atom. The van der Waals surface area contributed by atoms with E-state index in [9.17, 15) is 17.6 Å². The van der Waals surface area contributed by atoms with E-state index in [1.54, 1.807) is 0 Å². The summed E-state index contributed by atoms with van der Waals surface area (Å²) in [6.45, 7) is -0.129. The summed E-state index contributed by atoms with van der Waals surface area (Å²) < 4.78 is 56.3. The van der Waals surface area contributed by atoms with E-state index in [4.69, 9.17) is 22.1 Å². The summed E-state index contributed by atoms with van der Waals surface area (Å²) in [5.74, 6) is -0.222. The molecule has 2 aromatic rings. The van der Waals surface area contributed by atoms with Crippen molar-refractivity contribution < 1.29 is 22.3 Å². The molecule has 2 nitrogen and oxygen atoms in total. The average molecular weight is 334 g/mol. The van der Waals surface area contributed by atoms with Gasteiger partial charge in [-0.25, -0.2) is 4.39 Å². The molecule has 2 N–H and O–H groups in total. The lowest BCUT2D eigenvalue weighted by Crippen LogP contribution is -2.28. The molecule has 0 saturated carbocycles. The first-order chi connectivity index (χ1) is 10.3. The summed E-state index contributed by atoms with van der Waals surface area (Å²) in [5, 5.41) is 0.218. The predicted molar refractivity (Wildman–Crippen MR) is 75.2 cm³/mol. The monoisotopic (exact) mass is 333 g/mol. The Morgan fingerprint density at radius 1 is 1.09 bits per heavy atom. The van der Waals surface area contributed by atoms with Crippen molar-refractivity contribution in [1.29, 1.82) is 0 Å². The van der Waals surface area contributed by atoms with Gasteiger partial charge in [-0.3, -0.25) is 0 Å². The minimum Gasteiger partial charge on any atom is -0.489 e. The third kappa shape index (κ3) is 3.90. The number of alkyl halides is 3. The van der Waals surface area contributed by atoms with Gasteiger partial charge in [0.15, 0.2) is 0 Å². The lowest BCUT2D eigenvalue weighted by atomic mass is 10.1. The molecule has 7 heteroatoms. The van der Waals surface area contributed by atoms with Gasteiger partial charge in [0.25, 0.3) is 0 Å². The fourth-order valence-electron chi connectivity index (χ4n) is 1.79. The van der Waals surface area contributed by atoms with Crippen molar-refractivity contribution in [1.82, 2.24) is 0 Å². The quantitative estimate of drug-likeness (QED) is 0.829. The number of hydrogen-bond acceptors (Lipinski definition) is 2. The largest absolute Gasteiger partial charge is 0.489 e. The van der Waals surface area contributed by atoms with Crippen LogP contribution in [0.2, 0.25) is 5.02 Å². The van der Waals surface area contributed by atoms with Gasteiger partial charge in [0, 0.05) is 5.56 Å². The van der Waals surface area contributed by atoms with Crippen molar-refractivity contribution in [3.05, 3.63) is 64.4 Å². The highest BCUT2D eigenvalue weighted by Gasteiger charge is 2.37. The van der Waals surface area contributed by atoms with Crippen LogP contribution in [0, 0.1) is 5.82 Å². The summed E-state index contributed by atoms with van der Waals surface area (Å²) in [5.41, 5.74) is 5.19. The second kappa shape index (κ2) is 6.54. The maximum atomic E-state index is 13.5. The van der Waals surface area contributed by atoms with Crippen molar-refractivity contribution in [2.75, 3.05) is 0 Å². The summed E-state index contributed by atoms with van der Waals surface area (Å²) in [7, 11) is 0. The Morgan fingerprint density at radius 3 is 2.27 bits per heavy atom. The van der Waals surface area contributed by atoms with Crippen LogP contribution in [0.15, 0.2) is 42.5 Å². The van der Waals surface area contributed by atoms with Gasteiger partial charge >= 0.3 is 6.18 Å². The minimum absolute atomic E-state index is 0.0798. The molecule has 2 aromatic carbocycles. The summed E-state index contributed by atoms with van der Waals surface area (Å²) in [6.07, 6.45) is -4.51. The first-order valence-corrected chi connectivity index (χ1v) is 6.65. The van der Waals surface area contributed by atoms with Crippen LogP contribution >= 0.6 is 11.6 Å². The maximum Gasteiger partial charge on any atom is 0.407 e. The first-order valence-electron chi connectivity index (χ1n) is 6.27. The normalized spacial score (nSPS) is 13.0. The van der Waals surface area contributed by atoms with Crippen LogP contribution in [0.4, 0.5) is 17.6 Å². The number of halogens is 5. The molecule has 0 saturated heterocycles. The van der Waals surface area contributed by atoms with Gasteiger partial charge in [-0.15, -0.1) is 0 Å². The molecule has 118 valence electrons. The zero-order valence-corrected chi connectivity index (χ0v) is 12.0. The smallest absolute Gasteiger partial charge is 0.407 e. The summed E-state index contributed by atoms with van der Waals surface area (Å²) >= 11 is 5.85. The highest BCUT2D eigenvalue weighted by molar-refractivity contribution is 6.31. The lowest BCUT2D eigenvalue weighted by molar-refractivity contribution is -0.149. The standard InChI is InChI=1S/C15H12ClF4NO/c16-12-2-1-3-13(17)11(12)8-22-10-6-4-9(5-7-10)14(21)15(18,19)20/h1-7,14H,8,21H2/t14-/m1/s1. The molecule has 0 radical (unpaired) electrons. The molecule has 1 atom stereocenters. The average Bonchev–Trinajstić information content (AvgIpc) is 2.46. The number of benzene rings is 2. The van der Waals surface area contributed by atoms with E-state index in [2.05, 4.69) is 0 Å². The third-order valence-corrected chi connectivity index (χ3v) is 3.39. The minimum atomic E-state index is -4.51. The van der Waals surface area contributed by atoms with Crippen LogP contribution in [0.1, 0.15) is 17.2 Å². The van der Waals surface area contributed by atoms with Crippen molar-refractivity contribution in [3.63, 3.8) is 0 Å². The van der Waals surface area contributed by atoms with E-state index in [0.29, 0.717) is 0 Å². The van der Waals surface area contributed by atoms with Gasteiger partial charge in [0.05, 0.1) is 5.02 Å². The highest BCUT2D eigenvalue weighted by atomic mass is 35.5. The molecule has 0 aromatic heterocycles. The van der Waals surface area contributed by atoms with Crippen molar-refractivity contribution in [2.45, 2.75) is 18.8 Å². The maximum absolute atomic E-state index is 13.5. The number of nitrogens with two attached hydrogens (primary N) is 1. The molecule has 0 spiro atoms. The van der Waals surface area contributed by atoms with Gasteiger partial charge in [0.2, 0.25) is 0 Å². The Labute approximate surface area is 129 Å². The van der Waals surface area contributed by atoms with Gasteiger partial charge < -0.3 is 10.5 Å². The fourth-order valence-corrected chi connectivity index (χ4v) is 2.00. The van der Waals surface area contributed by atoms with Crippen LogP contribution in [0.3, 0.4) is 0 Å². The zero-order valence-electron chi connectivity index (χ0n) is 11.2. The first kappa shape index (κ1) is 16.6. The molecule has 2 rings (SSSR count). The Hall–Kier alpha value is -1.79. The van der Waals surface area contributed by atoms with Crippen LogP contribution in [-0.4, -0.2) is 6.18 Å². The molecular formula is C15H12ClF4NO. The van der Waals surface area contributed by atoms with E-state index >= 15 is 0 Å². The fraction of sp³-hybridized carbons (Fsp3) is 0.200. The number of rotatable bonds is 4. The third-order valence-electron chi connectivity index (χ3n) is 3.04. The molecule has 0 unspecified atom stereocenters. The lowest BCUT2D eigenvalue weighted by Gasteiger charge is -2.16. The Kier molecular flexibility index (Phi) is 4.93. The molecule has 0 aliphatic heterocycles. The van der Waals surface area contributed by atoms with E-state index in [-0.39, 0.29) is 28.5 Å². The van der Waals surface area contributed by atoms with Crippen LogP contribution in [0.5, 0.6) is 5.75 Å². The van der Waals surface area contributed by atoms with Crippen LogP contribution in [0.25, 0.3) is 0 Å². The van der Waals surface area contributed by atoms with E-state index < -0.39 is 18.0 Å². The molecule has 0 aliphatic carbocycles. The van der Waals surface area contributed by atoms with Crippen LogP contribution in [-0.2, 0) is 6.61 Å².